The summed E-state index contributed by atoms with van der Waals surface area (Å²) in [6, 6.07) is 4.00. The predicted molar refractivity (Wildman–Crippen MR) is 79.5 cm³/mol. The highest BCUT2D eigenvalue weighted by molar-refractivity contribution is 5.55. The largest absolute Gasteiger partial charge is 0.311 e. The van der Waals surface area contributed by atoms with E-state index < -0.39 is 0 Å². The molecule has 0 spiro atoms. The number of hydrogen-bond acceptors (Lipinski definition) is 4. The Morgan fingerprint density at radius 2 is 2.10 bits per heavy atom. The van der Waals surface area contributed by atoms with Crippen LogP contribution in [0.1, 0.15) is 42.3 Å². The van der Waals surface area contributed by atoms with Crippen LogP contribution >= 0.6 is 0 Å². The van der Waals surface area contributed by atoms with Gasteiger partial charge in [0, 0.05) is 12.7 Å². The molecule has 20 heavy (non-hydrogen) atoms. The van der Waals surface area contributed by atoms with Crippen LogP contribution in [0.4, 0.5) is 0 Å². The molecule has 0 aromatic carbocycles. The Hall–Kier alpha value is -1.81. The van der Waals surface area contributed by atoms with Crippen LogP contribution in [0.3, 0.4) is 0 Å². The highest BCUT2D eigenvalue weighted by Gasteiger charge is 2.20. The fraction of sp³-hybridized carbons (Fsp3) is 0.438. The summed E-state index contributed by atoms with van der Waals surface area (Å²) >= 11 is 0. The van der Waals surface area contributed by atoms with Gasteiger partial charge in [-0.3, -0.25) is 4.98 Å². The fourth-order valence-electron chi connectivity index (χ4n) is 2.69. The quantitative estimate of drug-likeness (QED) is 0.909. The molecular formula is C16H20N4. The molecule has 0 unspecified atom stereocenters. The summed E-state index contributed by atoms with van der Waals surface area (Å²) in [5, 5.41) is 3.39. The van der Waals surface area contributed by atoms with Crippen molar-refractivity contribution in [1.29, 1.82) is 0 Å². The molecule has 4 heteroatoms. The molecule has 0 aliphatic carbocycles. The summed E-state index contributed by atoms with van der Waals surface area (Å²) in [5.74, 6) is 1.17. The summed E-state index contributed by atoms with van der Waals surface area (Å²) in [6.07, 6.45) is 2.82. The number of pyridine rings is 1. The van der Waals surface area contributed by atoms with Gasteiger partial charge in [0.2, 0.25) is 0 Å². The van der Waals surface area contributed by atoms with Crippen LogP contribution in [0.2, 0.25) is 0 Å². The molecule has 4 nitrogen and oxygen atoms in total. The van der Waals surface area contributed by atoms with E-state index in [1.807, 2.05) is 6.07 Å². The van der Waals surface area contributed by atoms with Crippen molar-refractivity contribution in [3.8, 4) is 11.5 Å². The Kier molecular flexibility index (Phi) is 3.49. The standard InChI is InChI=1S/C16H20N4/c1-10(2)14-12-6-8-17-9-13(12)19-16(20-14)15-11(3)5-4-7-18-15/h4-5,7,10,17H,6,8-9H2,1-3H3. The lowest BCUT2D eigenvalue weighted by Gasteiger charge is -2.21. The monoisotopic (exact) mass is 268 g/mol. The predicted octanol–water partition coefficient (Wildman–Crippen LogP) is 2.62. The van der Waals surface area contributed by atoms with Crippen molar-refractivity contribution >= 4 is 0 Å². The van der Waals surface area contributed by atoms with Crippen LogP contribution in [0.15, 0.2) is 18.3 Å². The van der Waals surface area contributed by atoms with Gasteiger partial charge >= 0.3 is 0 Å². The van der Waals surface area contributed by atoms with E-state index in [2.05, 4.69) is 37.1 Å². The molecule has 3 heterocycles. The van der Waals surface area contributed by atoms with Gasteiger partial charge in [0.15, 0.2) is 5.82 Å². The van der Waals surface area contributed by atoms with Crippen LogP contribution in [-0.4, -0.2) is 21.5 Å². The zero-order valence-electron chi connectivity index (χ0n) is 12.3. The maximum atomic E-state index is 4.82. The molecule has 2 aromatic heterocycles. The molecule has 104 valence electrons. The van der Waals surface area contributed by atoms with Gasteiger partial charge in [-0.15, -0.1) is 0 Å². The Bertz CT molecular complexity index is 634. The summed E-state index contributed by atoms with van der Waals surface area (Å²) in [4.78, 5) is 14.0. The maximum Gasteiger partial charge on any atom is 0.178 e. The topological polar surface area (TPSA) is 50.7 Å². The first-order valence-electron chi connectivity index (χ1n) is 7.19. The Morgan fingerprint density at radius 3 is 2.85 bits per heavy atom. The van der Waals surface area contributed by atoms with Gasteiger partial charge in [-0.1, -0.05) is 19.9 Å². The summed E-state index contributed by atoms with van der Waals surface area (Å²) in [7, 11) is 0. The zero-order valence-corrected chi connectivity index (χ0v) is 12.3. The summed E-state index contributed by atoms with van der Waals surface area (Å²) in [5.41, 5.74) is 5.65. The van der Waals surface area contributed by atoms with Crippen molar-refractivity contribution in [3.63, 3.8) is 0 Å². The first-order chi connectivity index (χ1) is 9.66. The molecule has 0 atom stereocenters. The Morgan fingerprint density at radius 1 is 1.25 bits per heavy atom. The van der Waals surface area contributed by atoms with Crippen LogP contribution in [0, 0.1) is 6.92 Å². The first-order valence-corrected chi connectivity index (χ1v) is 7.19. The molecule has 0 amide bonds. The van der Waals surface area contributed by atoms with Crippen LogP contribution in [-0.2, 0) is 13.0 Å². The SMILES string of the molecule is Cc1cccnc1-c1nc2c(c(C(C)C)n1)CCNC2. The molecule has 2 aromatic rings. The third-order valence-corrected chi connectivity index (χ3v) is 3.74. The first kappa shape index (κ1) is 13.2. The number of hydrogen-bond donors (Lipinski definition) is 1. The van der Waals surface area contributed by atoms with Crippen molar-refractivity contribution in [3.05, 3.63) is 40.8 Å². The normalized spacial score (nSPS) is 14.4. The average molecular weight is 268 g/mol. The second-order valence-corrected chi connectivity index (χ2v) is 5.61. The molecular weight excluding hydrogens is 248 g/mol. The minimum atomic E-state index is 0.410. The van der Waals surface area contributed by atoms with Gasteiger partial charge in [-0.2, -0.15) is 0 Å². The smallest absolute Gasteiger partial charge is 0.178 e. The number of aryl methyl sites for hydroxylation is 1. The number of nitrogens with one attached hydrogen (secondary N) is 1. The van der Waals surface area contributed by atoms with Gasteiger partial charge in [-0.05, 0) is 43.0 Å². The molecule has 0 fully saturated rings. The van der Waals surface area contributed by atoms with E-state index in [1.54, 1.807) is 6.20 Å². The average Bonchev–Trinajstić information content (AvgIpc) is 2.46. The summed E-state index contributed by atoms with van der Waals surface area (Å²) in [6.45, 7) is 8.28. The molecule has 1 aliphatic rings. The number of fused-ring (bicyclic) bond motifs is 1. The lowest BCUT2D eigenvalue weighted by Crippen LogP contribution is -2.27. The van der Waals surface area contributed by atoms with Gasteiger partial charge < -0.3 is 5.32 Å². The van der Waals surface area contributed by atoms with Crippen molar-refractivity contribution in [1.82, 2.24) is 20.3 Å². The fourth-order valence-corrected chi connectivity index (χ4v) is 2.69. The minimum Gasteiger partial charge on any atom is -0.311 e. The Labute approximate surface area is 119 Å². The van der Waals surface area contributed by atoms with E-state index in [-0.39, 0.29) is 0 Å². The van der Waals surface area contributed by atoms with Crippen molar-refractivity contribution in [2.75, 3.05) is 6.54 Å². The molecule has 0 radical (unpaired) electrons. The highest BCUT2D eigenvalue weighted by atomic mass is 15.0. The lowest BCUT2D eigenvalue weighted by atomic mass is 9.97. The number of nitrogens with zero attached hydrogens (tertiary/aromatic N) is 3. The van der Waals surface area contributed by atoms with Crippen LogP contribution in [0.5, 0.6) is 0 Å². The van der Waals surface area contributed by atoms with E-state index in [0.29, 0.717) is 5.92 Å². The second-order valence-electron chi connectivity index (χ2n) is 5.61. The van der Waals surface area contributed by atoms with Gasteiger partial charge in [-0.25, -0.2) is 9.97 Å². The molecule has 0 saturated carbocycles. The summed E-state index contributed by atoms with van der Waals surface area (Å²) < 4.78 is 0. The maximum absolute atomic E-state index is 4.82. The van der Waals surface area contributed by atoms with Gasteiger partial charge in [0.25, 0.3) is 0 Å². The van der Waals surface area contributed by atoms with E-state index in [9.17, 15) is 0 Å². The van der Waals surface area contributed by atoms with E-state index in [1.165, 1.54) is 11.3 Å². The molecule has 0 bridgehead atoms. The molecule has 0 saturated heterocycles. The van der Waals surface area contributed by atoms with Gasteiger partial charge in [0.05, 0.1) is 11.4 Å². The van der Waals surface area contributed by atoms with Crippen molar-refractivity contribution < 1.29 is 0 Å². The lowest BCUT2D eigenvalue weighted by molar-refractivity contribution is 0.609. The van der Waals surface area contributed by atoms with E-state index >= 15 is 0 Å². The molecule has 3 rings (SSSR count). The highest BCUT2D eigenvalue weighted by Crippen LogP contribution is 2.26. The minimum absolute atomic E-state index is 0.410. The third kappa shape index (κ3) is 2.31. The second kappa shape index (κ2) is 5.29. The van der Waals surface area contributed by atoms with Gasteiger partial charge in [0.1, 0.15) is 5.69 Å². The van der Waals surface area contributed by atoms with Crippen molar-refractivity contribution in [2.45, 2.75) is 39.7 Å². The molecule has 1 aliphatic heterocycles. The molecule has 1 N–H and O–H groups in total. The zero-order chi connectivity index (χ0) is 14.1. The van der Waals surface area contributed by atoms with Crippen molar-refractivity contribution in [2.24, 2.45) is 0 Å². The third-order valence-electron chi connectivity index (χ3n) is 3.74. The van der Waals surface area contributed by atoms with Crippen LogP contribution in [0.25, 0.3) is 11.5 Å². The number of aromatic nitrogens is 3. The Balaban J connectivity index is 2.18. The van der Waals surface area contributed by atoms with E-state index in [0.717, 1.165) is 42.3 Å². The van der Waals surface area contributed by atoms with Crippen LogP contribution < -0.4 is 5.32 Å². The van der Waals surface area contributed by atoms with E-state index in [4.69, 9.17) is 9.97 Å². The number of rotatable bonds is 2.